The van der Waals surface area contributed by atoms with Gasteiger partial charge < -0.3 is 8.83 Å². The van der Waals surface area contributed by atoms with Gasteiger partial charge in [0.2, 0.25) is 5.91 Å². The molecule has 5 aromatic carbocycles. The zero-order valence-corrected chi connectivity index (χ0v) is 23.1. The number of aryl methyl sites for hydroxylation is 1. The largest absolute Gasteiger partial charge is 0.460 e. The van der Waals surface area contributed by atoms with E-state index in [1.807, 2.05) is 42.5 Å². The van der Waals surface area contributed by atoms with Crippen molar-refractivity contribution in [3.05, 3.63) is 127 Å². The molecule has 0 unspecified atom stereocenters. The van der Waals surface area contributed by atoms with Crippen LogP contribution in [-0.2, 0) is 11.2 Å². The molecule has 202 valence electrons. The van der Waals surface area contributed by atoms with E-state index >= 15 is 0 Å². The molecule has 8 rings (SSSR count). The zero-order valence-electron chi connectivity index (χ0n) is 23.1. The van der Waals surface area contributed by atoms with E-state index in [1.165, 1.54) is 5.56 Å². The molecule has 2 aromatic heterocycles. The second kappa shape index (κ2) is 9.64. The van der Waals surface area contributed by atoms with Crippen LogP contribution in [0, 0.1) is 0 Å². The van der Waals surface area contributed by atoms with E-state index in [9.17, 15) is 4.79 Å². The van der Waals surface area contributed by atoms with Crippen LogP contribution in [0.5, 0.6) is 0 Å². The average molecular weight is 546 g/mol. The van der Waals surface area contributed by atoms with Crippen molar-refractivity contribution < 1.29 is 13.6 Å². The van der Waals surface area contributed by atoms with E-state index in [-0.39, 0.29) is 5.91 Å². The van der Waals surface area contributed by atoms with Crippen molar-refractivity contribution >= 4 is 56.3 Å². The molecule has 7 aromatic rings. The van der Waals surface area contributed by atoms with E-state index in [0.29, 0.717) is 0 Å². The minimum absolute atomic E-state index is 0.0533. The van der Waals surface area contributed by atoms with Gasteiger partial charge in [-0.15, -0.1) is 0 Å². The van der Waals surface area contributed by atoms with Gasteiger partial charge in [-0.3, -0.25) is 9.69 Å². The van der Waals surface area contributed by atoms with Crippen molar-refractivity contribution in [2.24, 2.45) is 0 Å². The molecule has 0 bridgehead atoms. The Labute approximate surface area is 243 Å². The second-order valence-corrected chi connectivity index (χ2v) is 10.8. The molecular weight excluding hydrogens is 518 g/mol. The summed E-state index contributed by atoms with van der Waals surface area (Å²) in [5.74, 6) is 1.00. The highest BCUT2D eigenvalue weighted by molar-refractivity contribution is 6.09. The maximum absolute atomic E-state index is 12.9. The smallest absolute Gasteiger partial charge is 0.228 e. The molecule has 4 nitrogen and oxygen atoms in total. The number of benzene rings is 5. The summed E-state index contributed by atoms with van der Waals surface area (Å²) in [7, 11) is 0. The van der Waals surface area contributed by atoms with Crippen molar-refractivity contribution in [1.82, 2.24) is 0 Å². The number of allylic oxidation sites excluding steroid dienone is 1. The fraction of sp³-hybridized carbons (Fsp3) is 0.0789. The summed E-state index contributed by atoms with van der Waals surface area (Å²) in [6.07, 6.45) is 6.32. The van der Waals surface area contributed by atoms with Crippen molar-refractivity contribution in [2.75, 3.05) is 4.90 Å². The van der Waals surface area contributed by atoms with Crippen LogP contribution in [0.3, 0.4) is 0 Å². The standard InChI is InChI=1S/C38H27NO3/c1-24(40)39(27-20-16-25(17-21-27)29-10-6-12-33-31-8-2-4-14-35(31)41-37(29)33)28-22-18-26(19-23-28)30-11-7-13-34-32-9-3-5-15-36(32)42-38(30)34/h2-4,6-14,16-23H,5,15H2,1H3. The predicted octanol–water partition coefficient (Wildman–Crippen LogP) is 10.3. The van der Waals surface area contributed by atoms with Gasteiger partial charge in [0.1, 0.15) is 22.5 Å². The highest BCUT2D eigenvalue weighted by atomic mass is 16.3. The molecule has 0 N–H and O–H groups in total. The third-order valence-corrected chi connectivity index (χ3v) is 8.25. The lowest BCUT2D eigenvalue weighted by Gasteiger charge is -2.22. The van der Waals surface area contributed by atoms with E-state index in [0.717, 1.165) is 85.1 Å². The van der Waals surface area contributed by atoms with Crippen molar-refractivity contribution in [3.63, 3.8) is 0 Å². The summed E-state index contributed by atoms with van der Waals surface area (Å²) < 4.78 is 12.6. The molecule has 0 fully saturated rings. The summed E-state index contributed by atoms with van der Waals surface area (Å²) in [5.41, 5.74) is 9.65. The molecule has 1 amide bonds. The zero-order chi connectivity index (χ0) is 28.2. The van der Waals surface area contributed by atoms with Gasteiger partial charge in [-0.1, -0.05) is 91.0 Å². The van der Waals surface area contributed by atoms with Gasteiger partial charge in [-0.05, 0) is 47.9 Å². The lowest BCUT2D eigenvalue weighted by molar-refractivity contribution is -0.115. The third-order valence-electron chi connectivity index (χ3n) is 8.25. The third kappa shape index (κ3) is 3.87. The molecule has 0 aliphatic heterocycles. The van der Waals surface area contributed by atoms with Crippen LogP contribution in [0.15, 0.2) is 124 Å². The maximum atomic E-state index is 12.9. The van der Waals surface area contributed by atoms with Crippen LogP contribution in [0.4, 0.5) is 11.4 Å². The molecule has 42 heavy (non-hydrogen) atoms. The summed E-state index contributed by atoms with van der Waals surface area (Å²) >= 11 is 0. The number of nitrogens with zero attached hydrogens (tertiary/aromatic N) is 1. The number of hydrogen-bond acceptors (Lipinski definition) is 3. The molecule has 1 aliphatic rings. The Morgan fingerprint density at radius 2 is 1.24 bits per heavy atom. The van der Waals surface area contributed by atoms with Crippen molar-refractivity contribution in [3.8, 4) is 22.3 Å². The minimum atomic E-state index is -0.0533. The maximum Gasteiger partial charge on any atom is 0.228 e. The molecule has 0 radical (unpaired) electrons. The first-order chi connectivity index (χ1) is 20.7. The Bertz CT molecular complexity index is 2160. The monoisotopic (exact) mass is 545 g/mol. The molecule has 0 saturated heterocycles. The van der Waals surface area contributed by atoms with Crippen LogP contribution in [0.2, 0.25) is 0 Å². The van der Waals surface area contributed by atoms with E-state index in [2.05, 4.69) is 78.9 Å². The predicted molar refractivity (Wildman–Crippen MR) is 171 cm³/mol. The van der Waals surface area contributed by atoms with Crippen molar-refractivity contribution in [2.45, 2.75) is 19.8 Å². The highest BCUT2D eigenvalue weighted by Crippen LogP contribution is 2.39. The molecule has 0 spiro atoms. The fourth-order valence-corrected chi connectivity index (χ4v) is 6.27. The number of para-hydroxylation sites is 3. The molecule has 0 atom stereocenters. The fourth-order valence-electron chi connectivity index (χ4n) is 6.27. The molecule has 4 heteroatoms. The van der Waals surface area contributed by atoms with Crippen LogP contribution in [0.25, 0.3) is 61.2 Å². The topological polar surface area (TPSA) is 46.6 Å². The minimum Gasteiger partial charge on any atom is -0.460 e. The van der Waals surface area contributed by atoms with Gasteiger partial charge in [0.05, 0.1) is 0 Å². The van der Waals surface area contributed by atoms with Crippen LogP contribution in [0.1, 0.15) is 24.7 Å². The number of furan rings is 2. The summed E-state index contributed by atoms with van der Waals surface area (Å²) in [4.78, 5) is 14.6. The van der Waals surface area contributed by atoms with Crippen molar-refractivity contribution in [1.29, 1.82) is 0 Å². The number of fused-ring (bicyclic) bond motifs is 6. The summed E-state index contributed by atoms with van der Waals surface area (Å²) in [5, 5.41) is 3.35. The second-order valence-electron chi connectivity index (χ2n) is 10.8. The Morgan fingerprint density at radius 1 is 0.643 bits per heavy atom. The SMILES string of the molecule is CC(=O)N(c1ccc(-c2cccc3c4c(oc23)CCC=C4)cc1)c1ccc(-c2cccc3c2oc2ccccc23)cc1. The Morgan fingerprint density at radius 3 is 1.90 bits per heavy atom. The Balaban J connectivity index is 1.13. The quantitative estimate of drug-likeness (QED) is 0.221. The number of carbonyl (C=O) groups excluding carboxylic acids is 1. The molecule has 2 heterocycles. The first-order valence-corrected chi connectivity index (χ1v) is 14.3. The van der Waals surface area contributed by atoms with E-state index in [1.54, 1.807) is 11.8 Å². The number of anilines is 2. The molecule has 0 saturated carbocycles. The number of amides is 1. The van der Waals surface area contributed by atoms with Gasteiger partial charge in [0.25, 0.3) is 0 Å². The lowest BCUT2D eigenvalue weighted by Crippen LogP contribution is -2.22. The van der Waals surface area contributed by atoms with Gasteiger partial charge in [-0.2, -0.15) is 0 Å². The number of hydrogen-bond donors (Lipinski definition) is 0. The van der Waals surface area contributed by atoms with Gasteiger partial charge >= 0.3 is 0 Å². The first-order valence-electron chi connectivity index (χ1n) is 14.3. The number of carbonyl (C=O) groups is 1. The van der Waals surface area contributed by atoms with Gasteiger partial charge in [0, 0.05) is 57.6 Å². The van der Waals surface area contributed by atoms with Crippen LogP contribution >= 0.6 is 0 Å². The Kier molecular flexibility index (Phi) is 5.61. The number of rotatable bonds is 4. The van der Waals surface area contributed by atoms with Crippen LogP contribution < -0.4 is 4.90 Å². The molecule has 1 aliphatic carbocycles. The molecular formula is C38H27NO3. The highest BCUT2D eigenvalue weighted by Gasteiger charge is 2.19. The van der Waals surface area contributed by atoms with E-state index < -0.39 is 0 Å². The van der Waals surface area contributed by atoms with E-state index in [4.69, 9.17) is 8.83 Å². The Hall–Kier alpha value is -5.35. The van der Waals surface area contributed by atoms with Gasteiger partial charge in [-0.25, -0.2) is 0 Å². The first kappa shape index (κ1) is 24.4. The lowest BCUT2D eigenvalue weighted by atomic mass is 9.99. The normalized spacial score (nSPS) is 12.7. The summed E-state index contributed by atoms with van der Waals surface area (Å²) in [6, 6.07) is 36.9. The van der Waals surface area contributed by atoms with Crippen LogP contribution in [-0.4, -0.2) is 5.91 Å². The van der Waals surface area contributed by atoms with Gasteiger partial charge in [0.15, 0.2) is 0 Å². The summed E-state index contributed by atoms with van der Waals surface area (Å²) in [6.45, 7) is 1.60. The average Bonchev–Trinajstić information content (AvgIpc) is 3.60.